The van der Waals surface area contributed by atoms with E-state index in [1.165, 1.54) is 24.3 Å². The Morgan fingerprint density at radius 1 is 1.34 bits per heavy atom. The minimum Gasteiger partial charge on any atom is -0.394 e. The summed E-state index contributed by atoms with van der Waals surface area (Å²) in [5, 5.41) is 18.2. The first kappa shape index (κ1) is 23.9. The topological polar surface area (TPSA) is 95.9 Å². The van der Waals surface area contributed by atoms with E-state index in [2.05, 4.69) is 5.48 Å². The first-order chi connectivity index (χ1) is 13.6. The molecule has 1 atom stereocenters. The summed E-state index contributed by atoms with van der Waals surface area (Å²) < 4.78 is 15.1. The van der Waals surface area contributed by atoms with Crippen LogP contribution >= 0.6 is 33.9 Å². The molecule has 0 aliphatic carbocycles. The molecule has 3 N–H and O–H groups in total. The summed E-state index contributed by atoms with van der Waals surface area (Å²) in [4.78, 5) is 31.0. The number of nitrogens with one attached hydrogen (secondary N) is 1. The molecule has 0 saturated heterocycles. The molecule has 0 aliphatic heterocycles. The standard InChI is InChI=1S/C20H23FINO5S/c1-10(2)17-18(20(27)23-28-9-14(26)8-24)16(29-19(17)11(3)25)6-12-4-5-13(22)7-15(12)21/h4-5,7,10,14,24,26H,6,8-9H2,1-3H3,(H,23,27)/t14-/m0/s1. The summed E-state index contributed by atoms with van der Waals surface area (Å²) in [7, 11) is 0. The van der Waals surface area contributed by atoms with Crippen LogP contribution < -0.4 is 5.48 Å². The van der Waals surface area contributed by atoms with Crippen molar-refractivity contribution in [3.05, 3.63) is 54.0 Å². The summed E-state index contributed by atoms with van der Waals surface area (Å²) in [6.07, 6.45) is -0.974. The Labute approximate surface area is 186 Å². The Balaban J connectivity index is 2.44. The van der Waals surface area contributed by atoms with Crippen molar-refractivity contribution in [2.24, 2.45) is 0 Å². The zero-order chi connectivity index (χ0) is 21.7. The third-order valence-electron chi connectivity index (χ3n) is 4.16. The number of ketones is 1. The van der Waals surface area contributed by atoms with Crippen molar-refractivity contribution in [2.45, 2.75) is 39.2 Å². The molecule has 0 spiro atoms. The quantitative estimate of drug-likeness (QED) is 0.260. The lowest BCUT2D eigenvalue weighted by Gasteiger charge is -2.13. The van der Waals surface area contributed by atoms with E-state index in [-0.39, 0.29) is 36.1 Å². The number of Topliss-reactive ketones (excluding diaryl/α,β-unsaturated/α-hetero) is 1. The highest BCUT2D eigenvalue weighted by molar-refractivity contribution is 14.1. The molecule has 1 aromatic carbocycles. The summed E-state index contributed by atoms with van der Waals surface area (Å²) in [5.74, 6) is -1.25. The highest BCUT2D eigenvalue weighted by Crippen LogP contribution is 2.36. The van der Waals surface area contributed by atoms with Gasteiger partial charge in [0.05, 0.1) is 17.0 Å². The Hall–Kier alpha value is -1.40. The van der Waals surface area contributed by atoms with Crippen LogP contribution in [-0.4, -0.2) is 41.2 Å². The number of hydrogen-bond acceptors (Lipinski definition) is 6. The van der Waals surface area contributed by atoms with Crippen LogP contribution in [-0.2, 0) is 11.3 Å². The first-order valence-corrected chi connectivity index (χ1v) is 10.9. The monoisotopic (exact) mass is 535 g/mol. The van der Waals surface area contributed by atoms with Crippen molar-refractivity contribution in [3.8, 4) is 0 Å². The predicted octanol–water partition coefficient (Wildman–Crippen LogP) is 3.42. The molecule has 1 amide bonds. The van der Waals surface area contributed by atoms with Crippen molar-refractivity contribution in [3.63, 3.8) is 0 Å². The average molecular weight is 535 g/mol. The number of hydrogen-bond donors (Lipinski definition) is 3. The third kappa shape index (κ3) is 6.05. The molecule has 0 saturated carbocycles. The van der Waals surface area contributed by atoms with Gasteiger partial charge in [-0.25, -0.2) is 9.87 Å². The van der Waals surface area contributed by atoms with E-state index in [0.29, 0.717) is 20.9 Å². The number of halogens is 2. The fraction of sp³-hybridized carbons (Fsp3) is 0.400. The van der Waals surface area contributed by atoms with Gasteiger partial charge in [-0.3, -0.25) is 14.4 Å². The number of carbonyl (C=O) groups excluding carboxylic acids is 2. The van der Waals surface area contributed by atoms with Crippen LogP contribution in [0, 0.1) is 9.39 Å². The zero-order valence-electron chi connectivity index (χ0n) is 16.3. The maximum Gasteiger partial charge on any atom is 0.276 e. The van der Waals surface area contributed by atoms with E-state index in [0.717, 1.165) is 3.57 Å². The van der Waals surface area contributed by atoms with E-state index >= 15 is 0 Å². The molecule has 0 bridgehead atoms. The van der Waals surface area contributed by atoms with Crippen LogP contribution in [0.1, 0.15) is 62.7 Å². The molecular weight excluding hydrogens is 512 g/mol. The maximum atomic E-state index is 14.4. The van der Waals surface area contributed by atoms with Gasteiger partial charge in [0.15, 0.2) is 5.78 Å². The lowest BCUT2D eigenvalue weighted by atomic mass is 9.94. The highest BCUT2D eigenvalue weighted by atomic mass is 127. The van der Waals surface area contributed by atoms with Gasteiger partial charge < -0.3 is 10.2 Å². The van der Waals surface area contributed by atoms with Gasteiger partial charge in [-0.1, -0.05) is 19.9 Å². The minimum atomic E-state index is -1.13. The summed E-state index contributed by atoms with van der Waals surface area (Å²) >= 11 is 3.20. The molecule has 0 aliphatic rings. The maximum absolute atomic E-state index is 14.4. The lowest BCUT2D eigenvalue weighted by Crippen LogP contribution is -2.30. The lowest BCUT2D eigenvalue weighted by molar-refractivity contribution is -0.0295. The molecule has 158 valence electrons. The molecule has 29 heavy (non-hydrogen) atoms. The molecule has 0 fully saturated rings. The highest BCUT2D eigenvalue weighted by Gasteiger charge is 2.28. The normalized spacial score (nSPS) is 12.3. The number of thiophene rings is 1. The second-order valence-electron chi connectivity index (χ2n) is 6.85. The van der Waals surface area contributed by atoms with Gasteiger partial charge in [0.1, 0.15) is 18.5 Å². The Morgan fingerprint density at radius 2 is 2.03 bits per heavy atom. The summed E-state index contributed by atoms with van der Waals surface area (Å²) in [5.41, 5.74) is 3.55. The average Bonchev–Trinajstić information content (AvgIpc) is 3.03. The minimum absolute atomic E-state index is 0.121. The van der Waals surface area contributed by atoms with Crippen molar-refractivity contribution >= 4 is 45.6 Å². The second kappa shape index (κ2) is 10.6. The number of rotatable bonds is 9. The van der Waals surface area contributed by atoms with E-state index in [1.54, 1.807) is 12.1 Å². The fourth-order valence-electron chi connectivity index (χ4n) is 2.82. The van der Waals surface area contributed by atoms with Gasteiger partial charge in [-0.15, -0.1) is 11.3 Å². The molecule has 1 heterocycles. The van der Waals surface area contributed by atoms with E-state index in [1.807, 2.05) is 36.4 Å². The second-order valence-corrected chi connectivity index (χ2v) is 9.20. The number of aliphatic hydroxyl groups excluding tert-OH is 2. The molecule has 0 radical (unpaired) electrons. The van der Waals surface area contributed by atoms with Crippen LogP contribution in [0.25, 0.3) is 0 Å². The number of carbonyl (C=O) groups is 2. The number of benzene rings is 1. The number of hydroxylamine groups is 1. The largest absolute Gasteiger partial charge is 0.394 e. The molecule has 2 aromatic rings. The van der Waals surface area contributed by atoms with Gasteiger partial charge >= 0.3 is 0 Å². The molecule has 6 nitrogen and oxygen atoms in total. The van der Waals surface area contributed by atoms with Crippen LogP contribution in [0.4, 0.5) is 4.39 Å². The van der Waals surface area contributed by atoms with Crippen LogP contribution in [0.3, 0.4) is 0 Å². The van der Waals surface area contributed by atoms with E-state index < -0.39 is 18.6 Å². The SMILES string of the molecule is CC(=O)c1sc(Cc2ccc(I)cc2F)c(C(=O)NOC[C@@H](O)CO)c1C(C)C. The van der Waals surface area contributed by atoms with E-state index in [9.17, 15) is 19.1 Å². The fourth-order valence-corrected chi connectivity index (χ4v) is 4.65. The number of amides is 1. The first-order valence-electron chi connectivity index (χ1n) is 8.97. The van der Waals surface area contributed by atoms with Crippen LogP contribution in [0.15, 0.2) is 18.2 Å². The molecule has 0 unspecified atom stereocenters. The van der Waals surface area contributed by atoms with Crippen molar-refractivity contribution in [1.29, 1.82) is 0 Å². The summed E-state index contributed by atoms with van der Waals surface area (Å²) in [6, 6.07) is 4.86. The summed E-state index contributed by atoms with van der Waals surface area (Å²) in [6.45, 7) is 4.39. The predicted molar refractivity (Wildman–Crippen MR) is 117 cm³/mol. The van der Waals surface area contributed by atoms with Gasteiger partial charge in [-0.05, 0) is 58.7 Å². The van der Waals surface area contributed by atoms with Gasteiger partial charge in [-0.2, -0.15) is 0 Å². The Kier molecular flexibility index (Phi) is 8.71. The molecular formula is C20H23FINO5S. The van der Waals surface area contributed by atoms with Crippen molar-refractivity contribution < 1.29 is 29.0 Å². The third-order valence-corrected chi connectivity index (χ3v) is 6.14. The van der Waals surface area contributed by atoms with Gasteiger partial charge in [0, 0.05) is 14.9 Å². The molecule has 2 rings (SSSR count). The van der Waals surface area contributed by atoms with Crippen LogP contribution in [0.2, 0.25) is 0 Å². The van der Waals surface area contributed by atoms with Crippen molar-refractivity contribution in [2.75, 3.05) is 13.2 Å². The zero-order valence-corrected chi connectivity index (χ0v) is 19.3. The van der Waals surface area contributed by atoms with Crippen LogP contribution in [0.5, 0.6) is 0 Å². The number of aliphatic hydroxyl groups is 2. The molecule has 9 heteroatoms. The Bertz CT molecular complexity index is 899. The Morgan fingerprint density at radius 3 is 2.59 bits per heavy atom. The van der Waals surface area contributed by atoms with Gasteiger partial charge in [0.25, 0.3) is 5.91 Å². The van der Waals surface area contributed by atoms with E-state index in [4.69, 9.17) is 9.94 Å². The molecule has 1 aromatic heterocycles. The van der Waals surface area contributed by atoms with Crippen molar-refractivity contribution in [1.82, 2.24) is 5.48 Å². The van der Waals surface area contributed by atoms with Gasteiger partial charge in [0.2, 0.25) is 0 Å². The smallest absolute Gasteiger partial charge is 0.276 e.